The van der Waals surface area contributed by atoms with Crippen molar-refractivity contribution in [3.05, 3.63) is 24.2 Å². The van der Waals surface area contributed by atoms with Gasteiger partial charge >= 0.3 is 0 Å². The second kappa shape index (κ2) is 6.38. The molecule has 1 aliphatic heterocycles. The van der Waals surface area contributed by atoms with E-state index in [1.165, 1.54) is 0 Å². The zero-order valence-electron chi connectivity index (χ0n) is 14.7. The monoisotopic (exact) mass is 344 g/mol. The topological polar surface area (TPSA) is 84.5 Å². The highest BCUT2D eigenvalue weighted by atomic mass is 16.5. The molecule has 1 saturated carbocycles. The van der Waals surface area contributed by atoms with E-state index in [4.69, 9.17) is 9.26 Å². The second-order valence-corrected chi connectivity index (χ2v) is 6.94. The molecule has 2 aliphatic rings. The number of aromatic nitrogens is 3. The van der Waals surface area contributed by atoms with Gasteiger partial charge in [0, 0.05) is 37.7 Å². The quantitative estimate of drug-likeness (QED) is 0.910. The van der Waals surface area contributed by atoms with Gasteiger partial charge in [-0.1, -0.05) is 5.16 Å². The van der Waals surface area contributed by atoms with Gasteiger partial charge in [0.05, 0.1) is 17.8 Å². The summed E-state index contributed by atoms with van der Waals surface area (Å²) in [5.74, 6) is 1.97. The van der Waals surface area contributed by atoms with E-state index < -0.39 is 0 Å². The summed E-state index contributed by atoms with van der Waals surface area (Å²) in [6.45, 7) is 6.18. The third-order valence-electron chi connectivity index (χ3n) is 5.65. The molecule has 1 N–H and O–H groups in total. The van der Waals surface area contributed by atoms with Crippen LogP contribution in [-0.4, -0.2) is 52.1 Å². The molecule has 7 heteroatoms. The lowest BCUT2D eigenvalue weighted by Gasteiger charge is -2.56. The Morgan fingerprint density at radius 3 is 2.84 bits per heavy atom. The first kappa shape index (κ1) is 16.5. The van der Waals surface area contributed by atoms with Crippen molar-refractivity contribution in [1.82, 2.24) is 15.1 Å². The standard InChI is InChI=1S/C18H24N4O3/c1-3-24-15-11-14(23)18(15)6-9-22(10-7-18)16-13(5-4-8-19-16)17-20-12(2)21-25-17/h4-5,8,14-15,23H,3,6-7,9-11H2,1-2H3/t14-,15+/m0/s1. The molecular formula is C18H24N4O3. The molecule has 0 bridgehead atoms. The minimum atomic E-state index is -0.256. The summed E-state index contributed by atoms with van der Waals surface area (Å²) >= 11 is 0. The van der Waals surface area contributed by atoms with Crippen LogP contribution in [-0.2, 0) is 4.74 Å². The van der Waals surface area contributed by atoms with E-state index in [1.54, 1.807) is 13.1 Å². The fourth-order valence-corrected chi connectivity index (χ4v) is 4.17. The van der Waals surface area contributed by atoms with Crippen LogP contribution < -0.4 is 4.90 Å². The molecule has 3 heterocycles. The fourth-order valence-electron chi connectivity index (χ4n) is 4.17. The van der Waals surface area contributed by atoms with Crippen LogP contribution in [0.3, 0.4) is 0 Å². The summed E-state index contributed by atoms with van der Waals surface area (Å²) in [5.41, 5.74) is 0.761. The molecule has 1 spiro atoms. The Morgan fingerprint density at radius 1 is 1.40 bits per heavy atom. The van der Waals surface area contributed by atoms with Gasteiger partial charge in [-0.15, -0.1) is 0 Å². The normalized spacial score (nSPS) is 25.2. The largest absolute Gasteiger partial charge is 0.392 e. The molecule has 7 nitrogen and oxygen atoms in total. The average Bonchev–Trinajstić information content (AvgIpc) is 3.08. The van der Waals surface area contributed by atoms with Crippen molar-refractivity contribution in [2.45, 2.75) is 45.3 Å². The number of piperidine rings is 1. The number of aryl methyl sites for hydroxylation is 1. The molecule has 0 amide bonds. The zero-order valence-corrected chi connectivity index (χ0v) is 14.7. The third kappa shape index (κ3) is 2.71. The summed E-state index contributed by atoms with van der Waals surface area (Å²) in [6, 6.07) is 3.84. The Hall–Kier alpha value is -1.99. The van der Waals surface area contributed by atoms with E-state index >= 15 is 0 Å². The van der Waals surface area contributed by atoms with Crippen molar-refractivity contribution in [2.24, 2.45) is 5.41 Å². The van der Waals surface area contributed by atoms with Crippen LogP contribution in [0.5, 0.6) is 0 Å². The molecule has 1 aliphatic carbocycles. The molecule has 134 valence electrons. The lowest BCUT2D eigenvalue weighted by atomic mass is 9.58. The van der Waals surface area contributed by atoms with Gasteiger partial charge in [-0.3, -0.25) is 0 Å². The van der Waals surface area contributed by atoms with E-state index in [2.05, 4.69) is 20.0 Å². The first-order valence-corrected chi connectivity index (χ1v) is 8.94. The second-order valence-electron chi connectivity index (χ2n) is 6.94. The summed E-state index contributed by atoms with van der Waals surface area (Å²) in [6.07, 6.45) is 4.26. The Balaban J connectivity index is 1.54. The highest BCUT2D eigenvalue weighted by molar-refractivity contribution is 5.69. The van der Waals surface area contributed by atoms with Crippen molar-refractivity contribution in [1.29, 1.82) is 0 Å². The number of pyridine rings is 1. The fraction of sp³-hybridized carbons (Fsp3) is 0.611. The highest BCUT2D eigenvalue weighted by Gasteiger charge is 2.56. The van der Waals surface area contributed by atoms with Gasteiger partial charge in [0.1, 0.15) is 5.82 Å². The summed E-state index contributed by atoms with van der Waals surface area (Å²) < 4.78 is 11.2. The number of ether oxygens (including phenoxy) is 1. The molecule has 4 rings (SSSR count). The van der Waals surface area contributed by atoms with E-state index in [1.807, 2.05) is 19.1 Å². The molecule has 2 atom stereocenters. The number of hydrogen-bond donors (Lipinski definition) is 1. The van der Waals surface area contributed by atoms with Gasteiger partial charge in [0.2, 0.25) is 0 Å². The number of aliphatic hydroxyl groups is 1. The Bertz CT molecular complexity index is 737. The van der Waals surface area contributed by atoms with Crippen LogP contribution in [0.15, 0.2) is 22.9 Å². The van der Waals surface area contributed by atoms with E-state index in [-0.39, 0.29) is 17.6 Å². The van der Waals surface area contributed by atoms with Crippen LogP contribution in [0, 0.1) is 12.3 Å². The predicted octanol–water partition coefficient (Wildman–Crippen LogP) is 2.20. The predicted molar refractivity (Wildman–Crippen MR) is 92.2 cm³/mol. The van der Waals surface area contributed by atoms with Crippen LogP contribution >= 0.6 is 0 Å². The third-order valence-corrected chi connectivity index (χ3v) is 5.65. The molecule has 1 saturated heterocycles. The van der Waals surface area contributed by atoms with Crippen LogP contribution in [0.2, 0.25) is 0 Å². The number of rotatable bonds is 4. The molecule has 0 unspecified atom stereocenters. The van der Waals surface area contributed by atoms with Crippen molar-refractivity contribution in [3.63, 3.8) is 0 Å². The number of nitrogens with zero attached hydrogens (tertiary/aromatic N) is 4. The van der Waals surface area contributed by atoms with E-state index in [9.17, 15) is 5.11 Å². The van der Waals surface area contributed by atoms with Crippen LogP contribution in [0.4, 0.5) is 5.82 Å². The van der Waals surface area contributed by atoms with Crippen LogP contribution in [0.25, 0.3) is 11.5 Å². The minimum Gasteiger partial charge on any atom is -0.392 e. The molecular weight excluding hydrogens is 320 g/mol. The maximum absolute atomic E-state index is 10.4. The number of anilines is 1. The van der Waals surface area contributed by atoms with E-state index in [0.717, 1.165) is 43.7 Å². The van der Waals surface area contributed by atoms with Crippen molar-refractivity contribution in [2.75, 3.05) is 24.6 Å². The average molecular weight is 344 g/mol. The van der Waals surface area contributed by atoms with Gasteiger partial charge in [-0.25, -0.2) is 4.98 Å². The highest BCUT2D eigenvalue weighted by Crippen LogP contribution is 2.51. The van der Waals surface area contributed by atoms with Gasteiger partial charge in [-0.05, 0) is 38.8 Å². The molecule has 0 radical (unpaired) electrons. The summed E-state index contributed by atoms with van der Waals surface area (Å²) in [5, 5.41) is 14.2. The maximum atomic E-state index is 10.4. The first-order chi connectivity index (χ1) is 12.1. The van der Waals surface area contributed by atoms with E-state index in [0.29, 0.717) is 18.3 Å². The lowest BCUT2D eigenvalue weighted by Crippen LogP contribution is -2.62. The Morgan fingerprint density at radius 2 is 2.20 bits per heavy atom. The molecule has 2 aromatic rings. The zero-order chi connectivity index (χ0) is 17.4. The number of aliphatic hydroxyl groups excluding tert-OH is 1. The molecule has 0 aromatic carbocycles. The van der Waals surface area contributed by atoms with Gasteiger partial charge in [0.25, 0.3) is 5.89 Å². The SMILES string of the molecule is CCO[C@@H]1C[C@H](O)C12CCN(c1ncccc1-c1nc(C)no1)CC2. The summed E-state index contributed by atoms with van der Waals surface area (Å²) in [4.78, 5) is 11.1. The lowest BCUT2D eigenvalue weighted by molar-refractivity contribution is -0.199. The Kier molecular flexibility index (Phi) is 4.21. The summed E-state index contributed by atoms with van der Waals surface area (Å²) in [7, 11) is 0. The maximum Gasteiger partial charge on any atom is 0.261 e. The van der Waals surface area contributed by atoms with Gasteiger partial charge in [-0.2, -0.15) is 4.98 Å². The van der Waals surface area contributed by atoms with Crippen LogP contribution in [0.1, 0.15) is 32.0 Å². The first-order valence-electron chi connectivity index (χ1n) is 8.94. The van der Waals surface area contributed by atoms with Gasteiger partial charge in [0.15, 0.2) is 5.82 Å². The molecule has 2 aromatic heterocycles. The van der Waals surface area contributed by atoms with Crippen molar-refractivity contribution >= 4 is 5.82 Å². The Labute approximate surface area is 147 Å². The van der Waals surface area contributed by atoms with Crippen molar-refractivity contribution in [3.8, 4) is 11.5 Å². The number of hydrogen-bond acceptors (Lipinski definition) is 7. The molecule has 25 heavy (non-hydrogen) atoms. The smallest absolute Gasteiger partial charge is 0.261 e. The van der Waals surface area contributed by atoms with Gasteiger partial charge < -0.3 is 19.3 Å². The minimum absolute atomic E-state index is 0.0947. The van der Waals surface area contributed by atoms with Crippen molar-refractivity contribution < 1.29 is 14.4 Å². The molecule has 2 fully saturated rings.